The first kappa shape index (κ1) is 22.0. The van der Waals surface area contributed by atoms with Gasteiger partial charge in [0.2, 0.25) is 0 Å². The van der Waals surface area contributed by atoms with E-state index in [4.69, 9.17) is 14.5 Å². The molecule has 0 unspecified atom stereocenters. The highest BCUT2D eigenvalue weighted by molar-refractivity contribution is 6.04. The standard InChI is InChI=1S/C23H23N5O5/c1-3-28-20-16(12-25-28)15(10-18(26-20)14-8-6-5-7-9-14)21(29)33-13-19-17(22(30)32-4-2)11-24-23(31)27-19/h5-10,12H,3-4,11,13H2,1-2H3,(H2,24,27,31). The average molecular weight is 449 g/mol. The second-order valence-corrected chi connectivity index (χ2v) is 7.18. The maximum absolute atomic E-state index is 13.1. The van der Waals surface area contributed by atoms with Crippen LogP contribution in [0.5, 0.6) is 0 Å². The van der Waals surface area contributed by atoms with E-state index in [0.29, 0.717) is 23.3 Å². The molecule has 3 heterocycles. The largest absolute Gasteiger partial charge is 0.463 e. The second kappa shape index (κ2) is 9.51. The van der Waals surface area contributed by atoms with Crippen molar-refractivity contribution in [1.82, 2.24) is 25.4 Å². The Hall–Kier alpha value is -4.21. The van der Waals surface area contributed by atoms with Crippen molar-refractivity contribution in [2.45, 2.75) is 20.4 Å². The van der Waals surface area contributed by atoms with Crippen LogP contribution in [0, 0.1) is 0 Å². The van der Waals surface area contributed by atoms with E-state index in [-0.39, 0.29) is 36.6 Å². The number of nitrogens with zero attached hydrogens (tertiary/aromatic N) is 3. The van der Waals surface area contributed by atoms with Gasteiger partial charge < -0.3 is 20.1 Å². The molecule has 170 valence electrons. The first-order valence-corrected chi connectivity index (χ1v) is 10.5. The molecule has 2 aromatic heterocycles. The van der Waals surface area contributed by atoms with E-state index in [9.17, 15) is 14.4 Å². The zero-order valence-electron chi connectivity index (χ0n) is 18.3. The fourth-order valence-electron chi connectivity index (χ4n) is 3.49. The number of esters is 2. The normalized spacial score (nSPS) is 13.5. The molecule has 0 aliphatic carbocycles. The number of amides is 2. The smallest absolute Gasteiger partial charge is 0.339 e. The Kier molecular flexibility index (Phi) is 6.34. The Morgan fingerprint density at radius 2 is 1.91 bits per heavy atom. The number of hydrogen-bond acceptors (Lipinski definition) is 7. The van der Waals surface area contributed by atoms with Gasteiger partial charge in [0.15, 0.2) is 5.65 Å². The third kappa shape index (κ3) is 4.54. The van der Waals surface area contributed by atoms with Gasteiger partial charge in [-0.05, 0) is 19.9 Å². The summed E-state index contributed by atoms with van der Waals surface area (Å²) in [5.41, 5.74) is 2.68. The Balaban J connectivity index is 1.67. The van der Waals surface area contributed by atoms with Crippen molar-refractivity contribution in [3.63, 3.8) is 0 Å². The van der Waals surface area contributed by atoms with Gasteiger partial charge in [-0.1, -0.05) is 30.3 Å². The molecule has 33 heavy (non-hydrogen) atoms. The van der Waals surface area contributed by atoms with Gasteiger partial charge >= 0.3 is 18.0 Å². The van der Waals surface area contributed by atoms with E-state index in [1.165, 1.54) is 0 Å². The van der Waals surface area contributed by atoms with E-state index in [1.54, 1.807) is 23.9 Å². The van der Waals surface area contributed by atoms with Crippen molar-refractivity contribution in [3.05, 3.63) is 59.4 Å². The predicted octanol–water partition coefficient (Wildman–Crippen LogP) is 2.41. The molecule has 1 aromatic carbocycles. The number of nitrogens with one attached hydrogen (secondary N) is 2. The zero-order valence-corrected chi connectivity index (χ0v) is 18.3. The second-order valence-electron chi connectivity index (χ2n) is 7.18. The molecule has 0 spiro atoms. The molecular weight excluding hydrogens is 426 g/mol. The number of urea groups is 1. The lowest BCUT2D eigenvalue weighted by Crippen LogP contribution is -2.45. The van der Waals surface area contributed by atoms with Gasteiger partial charge in [-0.15, -0.1) is 0 Å². The van der Waals surface area contributed by atoms with E-state index in [2.05, 4.69) is 15.7 Å². The Morgan fingerprint density at radius 3 is 2.64 bits per heavy atom. The molecule has 0 saturated heterocycles. The summed E-state index contributed by atoms with van der Waals surface area (Å²) in [6.45, 7) is 4.07. The quantitative estimate of drug-likeness (QED) is 0.531. The van der Waals surface area contributed by atoms with E-state index < -0.39 is 18.0 Å². The Labute approximate surface area is 189 Å². The highest BCUT2D eigenvalue weighted by atomic mass is 16.5. The number of carbonyl (C=O) groups is 3. The van der Waals surface area contributed by atoms with Crippen molar-refractivity contribution in [3.8, 4) is 11.3 Å². The lowest BCUT2D eigenvalue weighted by Gasteiger charge is -2.21. The third-order valence-corrected chi connectivity index (χ3v) is 5.12. The van der Waals surface area contributed by atoms with Crippen molar-refractivity contribution in [2.24, 2.45) is 0 Å². The van der Waals surface area contributed by atoms with Crippen LogP contribution in [0.4, 0.5) is 4.79 Å². The number of rotatable bonds is 7. The molecule has 0 radical (unpaired) electrons. The average Bonchev–Trinajstić information content (AvgIpc) is 3.25. The van der Waals surface area contributed by atoms with Crippen LogP contribution in [0.15, 0.2) is 53.9 Å². The molecule has 0 atom stereocenters. The first-order valence-electron chi connectivity index (χ1n) is 10.5. The van der Waals surface area contributed by atoms with Crippen LogP contribution in [0.1, 0.15) is 24.2 Å². The molecule has 10 heteroatoms. The lowest BCUT2D eigenvalue weighted by atomic mass is 10.1. The number of fused-ring (bicyclic) bond motifs is 1. The van der Waals surface area contributed by atoms with Gasteiger partial charge in [-0.25, -0.2) is 24.0 Å². The third-order valence-electron chi connectivity index (χ3n) is 5.12. The van der Waals surface area contributed by atoms with Crippen LogP contribution in [0.2, 0.25) is 0 Å². The monoisotopic (exact) mass is 449 g/mol. The van der Waals surface area contributed by atoms with Gasteiger partial charge in [0.1, 0.15) is 6.61 Å². The van der Waals surface area contributed by atoms with Crippen LogP contribution in [0.25, 0.3) is 22.3 Å². The van der Waals surface area contributed by atoms with Gasteiger partial charge in [-0.3, -0.25) is 0 Å². The number of aryl methyl sites for hydroxylation is 1. The minimum absolute atomic E-state index is 0.0154. The van der Waals surface area contributed by atoms with Crippen molar-refractivity contribution in [2.75, 3.05) is 19.8 Å². The molecule has 1 aliphatic rings. The number of ether oxygens (including phenoxy) is 2. The van der Waals surface area contributed by atoms with E-state index in [1.807, 2.05) is 37.3 Å². The topological polar surface area (TPSA) is 124 Å². The Bertz CT molecular complexity index is 1250. The molecule has 2 N–H and O–H groups in total. The molecule has 1 aliphatic heterocycles. The van der Waals surface area contributed by atoms with Crippen LogP contribution in [-0.2, 0) is 20.8 Å². The summed E-state index contributed by atoms with van der Waals surface area (Å²) in [6.07, 6.45) is 1.58. The summed E-state index contributed by atoms with van der Waals surface area (Å²) >= 11 is 0. The minimum atomic E-state index is -0.626. The van der Waals surface area contributed by atoms with Gasteiger partial charge in [0.25, 0.3) is 0 Å². The van der Waals surface area contributed by atoms with Crippen molar-refractivity contribution >= 4 is 29.0 Å². The highest BCUT2D eigenvalue weighted by Crippen LogP contribution is 2.25. The molecule has 0 fully saturated rings. The number of hydrogen-bond donors (Lipinski definition) is 2. The number of benzene rings is 1. The molecule has 10 nitrogen and oxygen atoms in total. The Morgan fingerprint density at radius 1 is 1.12 bits per heavy atom. The molecule has 3 aromatic rings. The van der Waals surface area contributed by atoms with Crippen molar-refractivity contribution in [1.29, 1.82) is 0 Å². The number of aromatic nitrogens is 3. The molecule has 0 saturated carbocycles. The van der Waals surface area contributed by atoms with Gasteiger partial charge in [0, 0.05) is 12.1 Å². The van der Waals surface area contributed by atoms with Gasteiger partial charge in [0.05, 0.1) is 47.3 Å². The maximum Gasteiger partial charge on any atom is 0.339 e. The summed E-state index contributed by atoms with van der Waals surface area (Å²) in [5.74, 6) is -1.21. The summed E-state index contributed by atoms with van der Waals surface area (Å²) in [6, 6.07) is 10.6. The summed E-state index contributed by atoms with van der Waals surface area (Å²) in [4.78, 5) is 41.8. The molecular formula is C23H23N5O5. The molecule has 0 bridgehead atoms. The molecule has 4 rings (SSSR count). The van der Waals surface area contributed by atoms with E-state index in [0.717, 1.165) is 5.56 Å². The van der Waals surface area contributed by atoms with E-state index >= 15 is 0 Å². The van der Waals surface area contributed by atoms with Crippen LogP contribution < -0.4 is 10.6 Å². The fourth-order valence-corrected chi connectivity index (χ4v) is 3.49. The highest BCUT2D eigenvalue weighted by Gasteiger charge is 2.25. The predicted molar refractivity (Wildman–Crippen MR) is 119 cm³/mol. The summed E-state index contributed by atoms with van der Waals surface area (Å²) in [5, 5.41) is 9.90. The first-order chi connectivity index (χ1) is 16.0. The van der Waals surface area contributed by atoms with Crippen molar-refractivity contribution < 1.29 is 23.9 Å². The minimum Gasteiger partial charge on any atom is -0.463 e. The van der Waals surface area contributed by atoms with Gasteiger partial charge in [-0.2, -0.15) is 5.10 Å². The SMILES string of the molecule is CCOC(=O)C1=C(COC(=O)c2cc(-c3ccccc3)nc3c2cnn3CC)NC(=O)NC1. The summed E-state index contributed by atoms with van der Waals surface area (Å²) in [7, 11) is 0. The van der Waals surface area contributed by atoms with Crippen LogP contribution in [-0.4, -0.2) is 52.5 Å². The lowest BCUT2D eigenvalue weighted by molar-refractivity contribution is -0.138. The number of carbonyl (C=O) groups excluding carboxylic acids is 3. The maximum atomic E-state index is 13.1. The van der Waals surface area contributed by atoms with Crippen LogP contribution in [0.3, 0.4) is 0 Å². The molecule has 2 amide bonds. The summed E-state index contributed by atoms with van der Waals surface area (Å²) < 4.78 is 12.2. The fraction of sp³-hybridized carbons (Fsp3) is 0.261. The number of pyridine rings is 1. The zero-order chi connectivity index (χ0) is 23.4. The van der Waals surface area contributed by atoms with Crippen LogP contribution >= 0.6 is 0 Å².